The van der Waals surface area contributed by atoms with E-state index in [2.05, 4.69) is 86.8 Å². The van der Waals surface area contributed by atoms with Crippen LogP contribution in [0, 0.1) is 0 Å². The molecule has 0 bridgehead atoms. The number of esters is 2. The molecule has 0 heterocycles. The second-order valence-corrected chi connectivity index (χ2v) is 18.6. The van der Waals surface area contributed by atoms with E-state index in [-0.39, 0.29) is 25.2 Å². The predicted octanol–water partition coefficient (Wildman–Crippen LogP) is 18.8. The van der Waals surface area contributed by atoms with Crippen molar-refractivity contribution in [1.29, 1.82) is 0 Å². The monoisotopic (exact) mass is 907 g/mol. The molecule has 0 radical (unpaired) electrons. The highest BCUT2D eigenvalue weighted by Crippen LogP contribution is 2.17. The topological polar surface area (TPSA) is 72.8 Å². The normalized spacial score (nSPS) is 12.7. The van der Waals surface area contributed by atoms with E-state index in [1.165, 1.54) is 167 Å². The van der Waals surface area contributed by atoms with Crippen molar-refractivity contribution in [1.82, 2.24) is 0 Å². The van der Waals surface area contributed by atoms with Gasteiger partial charge in [0.15, 0.2) is 6.10 Å². The third-order valence-corrected chi connectivity index (χ3v) is 12.3. The molecule has 5 heteroatoms. The van der Waals surface area contributed by atoms with Crippen molar-refractivity contribution in [3.05, 3.63) is 72.9 Å². The van der Waals surface area contributed by atoms with Crippen LogP contribution < -0.4 is 0 Å². The molecule has 0 aromatic heterocycles. The van der Waals surface area contributed by atoms with Crippen LogP contribution in [0.3, 0.4) is 0 Å². The van der Waals surface area contributed by atoms with Crippen molar-refractivity contribution >= 4 is 11.9 Å². The first-order valence-corrected chi connectivity index (χ1v) is 28.0. The molecule has 376 valence electrons. The standard InChI is InChI=1S/C60H106O5/c1-3-5-7-9-11-13-15-17-19-21-23-25-27-29-31-32-34-36-38-40-42-44-46-48-50-52-54-59(62)64-57-58(56-61)65-60(63)55-53-51-49-47-45-43-41-39-37-35-33-30-28-26-24-22-20-18-16-14-12-10-8-6-4-2/h6,8,12,14,18,20,24,26,30,33,37,39,58,61H,3-5,7,9-11,13,15-17,19,21-23,25,27-29,31-32,34-36,38,40-57H2,1-2H3/b8-6-,14-12-,20-18-,26-24-,33-30-,39-37-. The number of carbonyl (C=O) groups is 2. The smallest absolute Gasteiger partial charge is 0.306 e. The fourth-order valence-electron chi connectivity index (χ4n) is 8.09. The third-order valence-electron chi connectivity index (χ3n) is 12.3. The Kier molecular flexibility index (Phi) is 53.4. The Morgan fingerprint density at radius 3 is 1.00 bits per heavy atom. The van der Waals surface area contributed by atoms with Crippen molar-refractivity contribution in [3.8, 4) is 0 Å². The minimum absolute atomic E-state index is 0.0721. The lowest BCUT2D eigenvalue weighted by molar-refractivity contribution is -0.161. The molecular formula is C60H106O5. The van der Waals surface area contributed by atoms with E-state index in [1.807, 2.05) is 0 Å². The van der Waals surface area contributed by atoms with Crippen LogP contribution in [-0.2, 0) is 19.1 Å². The zero-order valence-electron chi connectivity index (χ0n) is 43.0. The fraction of sp³-hybridized carbons (Fsp3) is 0.767. The highest BCUT2D eigenvalue weighted by Gasteiger charge is 2.16. The maximum Gasteiger partial charge on any atom is 0.306 e. The Bertz CT molecular complexity index is 1160. The molecule has 0 aromatic rings. The van der Waals surface area contributed by atoms with Crippen LogP contribution in [0.2, 0.25) is 0 Å². The highest BCUT2D eigenvalue weighted by molar-refractivity contribution is 5.70. The predicted molar refractivity (Wildman–Crippen MR) is 283 cm³/mol. The summed E-state index contributed by atoms with van der Waals surface area (Å²) in [6.07, 6.45) is 75.9. The van der Waals surface area contributed by atoms with Gasteiger partial charge in [0.25, 0.3) is 0 Å². The van der Waals surface area contributed by atoms with Crippen LogP contribution in [-0.4, -0.2) is 36.4 Å². The third kappa shape index (κ3) is 53.8. The maximum atomic E-state index is 12.3. The van der Waals surface area contributed by atoms with E-state index < -0.39 is 6.10 Å². The van der Waals surface area contributed by atoms with E-state index in [1.54, 1.807) is 0 Å². The molecule has 1 N–H and O–H groups in total. The van der Waals surface area contributed by atoms with Crippen LogP contribution in [0.5, 0.6) is 0 Å². The van der Waals surface area contributed by atoms with Gasteiger partial charge in [-0.2, -0.15) is 0 Å². The molecule has 0 aliphatic heterocycles. The molecule has 0 spiro atoms. The number of hydrogen-bond donors (Lipinski definition) is 1. The lowest BCUT2D eigenvalue weighted by atomic mass is 10.0. The fourth-order valence-corrected chi connectivity index (χ4v) is 8.09. The average Bonchev–Trinajstić information content (AvgIpc) is 3.31. The maximum absolute atomic E-state index is 12.3. The summed E-state index contributed by atoms with van der Waals surface area (Å²) in [4.78, 5) is 24.5. The Labute approximate surface area is 403 Å². The summed E-state index contributed by atoms with van der Waals surface area (Å²) in [7, 11) is 0. The summed E-state index contributed by atoms with van der Waals surface area (Å²) in [5.41, 5.74) is 0. The second kappa shape index (κ2) is 55.7. The van der Waals surface area contributed by atoms with Gasteiger partial charge in [0, 0.05) is 12.8 Å². The average molecular weight is 908 g/mol. The molecule has 0 aliphatic rings. The van der Waals surface area contributed by atoms with Crippen LogP contribution in [0.25, 0.3) is 0 Å². The number of hydrogen-bond acceptors (Lipinski definition) is 5. The number of ether oxygens (including phenoxy) is 2. The largest absolute Gasteiger partial charge is 0.462 e. The van der Waals surface area contributed by atoms with Crippen molar-refractivity contribution in [2.24, 2.45) is 0 Å². The molecule has 0 saturated carbocycles. The van der Waals surface area contributed by atoms with E-state index in [0.29, 0.717) is 12.8 Å². The number of carbonyl (C=O) groups excluding carboxylic acids is 2. The first-order chi connectivity index (χ1) is 32.1. The highest BCUT2D eigenvalue weighted by atomic mass is 16.6. The zero-order valence-corrected chi connectivity index (χ0v) is 43.0. The summed E-state index contributed by atoms with van der Waals surface area (Å²) in [5.74, 6) is -0.599. The minimum atomic E-state index is -0.783. The molecular weight excluding hydrogens is 801 g/mol. The molecule has 0 aromatic carbocycles. The van der Waals surface area contributed by atoms with Gasteiger partial charge in [-0.15, -0.1) is 0 Å². The summed E-state index contributed by atoms with van der Waals surface area (Å²) in [6.45, 7) is 4.05. The minimum Gasteiger partial charge on any atom is -0.462 e. The van der Waals surface area contributed by atoms with Gasteiger partial charge in [-0.1, -0.05) is 273 Å². The van der Waals surface area contributed by atoms with Crippen LogP contribution in [0.1, 0.15) is 277 Å². The second-order valence-electron chi connectivity index (χ2n) is 18.6. The quantitative estimate of drug-likeness (QED) is 0.0374. The summed E-state index contributed by atoms with van der Waals surface area (Å²) in [6, 6.07) is 0. The van der Waals surface area contributed by atoms with Crippen LogP contribution >= 0.6 is 0 Å². The zero-order chi connectivity index (χ0) is 47.0. The summed E-state index contributed by atoms with van der Waals surface area (Å²) >= 11 is 0. The molecule has 0 rings (SSSR count). The number of allylic oxidation sites excluding steroid dienone is 12. The number of aliphatic hydroxyl groups excluding tert-OH is 1. The van der Waals surface area contributed by atoms with Gasteiger partial charge >= 0.3 is 11.9 Å². The summed E-state index contributed by atoms with van der Waals surface area (Å²) in [5, 5.41) is 9.65. The lowest BCUT2D eigenvalue weighted by Gasteiger charge is -2.15. The van der Waals surface area contributed by atoms with Crippen molar-refractivity contribution in [2.45, 2.75) is 283 Å². The van der Waals surface area contributed by atoms with Crippen molar-refractivity contribution in [2.75, 3.05) is 13.2 Å². The van der Waals surface area contributed by atoms with E-state index in [0.717, 1.165) is 83.5 Å². The Hall–Kier alpha value is -2.66. The number of rotatable bonds is 51. The van der Waals surface area contributed by atoms with E-state index in [4.69, 9.17) is 9.47 Å². The van der Waals surface area contributed by atoms with Gasteiger partial charge in [-0.25, -0.2) is 0 Å². The van der Waals surface area contributed by atoms with Gasteiger partial charge in [0.05, 0.1) is 6.61 Å². The van der Waals surface area contributed by atoms with Gasteiger partial charge in [0.1, 0.15) is 6.61 Å². The van der Waals surface area contributed by atoms with Gasteiger partial charge in [0.2, 0.25) is 0 Å². The van der Waals surface area contributed by atoms with Gasteiger partial charge in [-0.3, -0.25) is 9.59 Å². The molecule has 65 heavy (non-hydrogen) atoms. The molecule has 0 saturated heterocycles. The summed E-state index contributed by atoms with van der Waals surface area (Å²) < 4.78 is 10.7. The number of unbranched alkanes of at least 4 members (excludes halogenated alkanes) is 31. The first-order valence-electron chi connectivity index (χ1n) is 28.0. The molecule has 1 unspecified atom stereocenters. The van der Waals surface area contributed by atoms with Crippen LogP contribution in [0.4, 0.5) is 0 Å². The molecule has 0 fully saturated rings. The van der Waals surface area contributed by atoms with Gasteiger partial charge in [-0.05, 0) is 64.2 Å². The molecule has 1 atom stereocenters. The van der Waals surface area contributed by atoms with Crippen molar-refractivity contribution < 1.29 is 24.2 Å². The molecule has 5 nitrogen and oxygen atoms in total. The first kappa shape index (κ1) is 62.3. The van der Waals surface area contributed by atoms with Gasteiger partial charge < -0.3 is 14.6 Å². The van der Waals surface area contributed by atoms with E-state index in [9.17, 15) is 14.7 Å². The Balaban J connectivity index is 3.51. The SMILES string of the molecule is CC/C=C\C/C=C\C/C=C\C/C=C\C/C=C\C/C=C\CCCCCCCCC(=O)OC(CO)COC(=O)CCCCCCCCCCCCCCCCCCCCCCCCCCCC. The lowest BCUT2D eigenvalue weighted by Crippen LogP contribution is -2.28. The van der Waals surface area contributed by atoms with Crippen LogP contribution in [0.15, 0.2) is 72.9 Å². The Morgan fingerprint density at radius 2 is 0.662 bits per heavy atom. The molecule has 0 aliphatic carbocycles. The van der Waals surface area contributed by atoms with E-state index >= 15 is 0 Å². The van der Waals surface area contributed by atoms with Crippen molar-refractivity contribution in [3.63, 3.8) is 0 Å². The number of aliphatic hydroxyl groups is 1. The molecule has 0 amide bonds. The Morgan fingerprint density at radius 1 is 0.369 bits per heavy atom.